The van der Waals surface area contributed by atoms with Gasteiger partial charge >= 0.3 is 0 Å². The van der Waals surface area contributed by atoms with Crippen LogP contribution in [0.15, 0.2) is 40.3 Å². The minimum absolute atomic E-state index is 0.620. The molecule has 0 saturated heterocycles. The molecular formula is C13H13N5S. The van der Waals surface area contributed by atoms with E-state index in [9.17, 15) is 0 Å². The zero-order valence-electron chi connectivity index (χ0n) is 10.7. The molecule has 0 bridgehead atoms. The van der Waals surface area contributed by atoms with E-state index in [0.717, 1.165) is 21.3 Å². The first kappa shape index (κ1) is 12.0. The topological polar surface area (TPSA) is 69.1 Å². The Hall–Kier alpha value is -2.08. The smallest absolute Gasteiger partial charge is 0.253 e. The Morgan fingerprint density at radius 2 is 1.95 bits per heavy atom. The Labute approximate surface area is 114 Å². The number of nitrogen functional groups attached to an aromatic ring is 1. The molecule has 96 valence electrons. The number of nitrogens with zero attached hydrogens (tertiary/aromatic N) is 4. The van der Waals surface area contributed by atoms with E-state index in [2.05, 4.69) is 15.1 Å². The van der Waals surface area contributed by atoms with Crippen molar-refractivity contribution in [3.63, 3.8) is 0 Å². The van der Waals surface area contributed by atoms with E-state index in [1.165, 1.54) is 0 Å². The van der Waals surface area contributed by atoms with Gasteiger partial charge in [-0.05, 0) is 32.0 Å². The van der Waals surface area contributed by atoms with Gasteiger partial charge in [0.15, 0.2) is 0 Å². The van der Waals surface area contributed by atoms with Crippen LogP contribution < -0.4 is 5.73 Å². The van der Waals surface area contributed by atoms with Gasteiger partial charge in [0.25, 0.3) is 5.78 Å². The summed E-state index contributed by atoms with van der Waals surface area (Å²) in [4.78, 5) is 9.66. The lowest BCUT2D eigenvalue weighted by molar-refractivity contribution is 0.822. The summed E-state index contributed by atoms with van der Waals surface area (Å²) in [6, 6.07) is 9.76. The van der Waals surface area contributed by atoms with Gasteiger partial charge in [-0.2, -0.15) is 9.50 Å². The summed E-state index contributed by atoms with van der Waals surface area (Å²) in [7, 11) is 0. The highest BCUT2D eigenvalue weighted by molar-refractivity contribution is 7.99. The van der Waals surface area contributed by atoms with Gasteiger partial charge in [-0.3, -0.25) is 0 Å². The molecule has 19 heavy (non-hydrogen) atoms. The van der Waals surface area contributed by atoms with Crippen LogP contribution in [0.5, 0.6) is 0 Å². The molecule has 3 aromatic rings. The quantitative estimate of drug-likeness (QED) is 0.573. The molecule has 2 heterocycles. The van der Waals surface area contributed by atoms with E-state index in [0.29, 0.717) is 11.6 Å². The highest BCUT2D eigenvalue weighted by Crippen LogP contribution is 2.31. The molecule has 0 aliphatic carbocycles. The Morgan fingerprint density at radius 1 is 1.16 bits per heavy atom. The van der Waals surface area contributed by atoms with Crippen LogP contribution in [0, 0.1) is 13.8 Å². The average Bonchev–Trinajstić information content (AvgIpc) is 2.72. The molecule has 2 aromatic heterocycles. The monoisotopic (exact) mass is 271 g/mol. The lowest BCUT2D eigenvalue weighted by atomic mass is 10.3. The first-order valence-corrected chi connectivity index (χ1v) is 6.68. The van der Waals surface area contributed by atoms with Crippen LogP contribution >= 0.6 is 11.8 Å². The molecule has 0 aliphatic rings. The lowest BCUT2D eigenvalue weighted by Crippen LogP contribution is -1.98. The maximum Gasteiger partial charge on any atom is 0.253 e. The first-order valence-electron chi connectivity index (χ1n) is 5.87. The first-order chi connectivity index (χ1) is 9.13. The molecule has 5 nitrogen and oxygen atoms in total. The number of para-hydroxylation sites is 1. The molecule has 0 radical (unpaired) electrons. The maximum absolute atomic E-state index is 5.97. The third-order valence-electron chi connectivity index (χ3n) is 2.65. The van der Waals surface area contributed by atoms with Crippen molar-refractivity contribution in [1.29, 1.82) is 0 Å². The number of nitrogens with two attached hydrogens (primary N) is 1. The average molecular weight is 271 g/mol. The zero-order chi connectivity index (χ0) is 13.4. The van der Waals surface area contributed by atoms with Crippen molar-refractivity contribution in [3.8, 4) is 0 Å². The van der Waals surface area contributed by atoms with Crippen LogP contribution in [0.25, 0.3) is 5.78 Å². The van der Waals surface area contributed by atoms with Gasteiger partial charge in [0.2, 0.25) is 0 Å². The van der Waals surface area contributed by atoms with E-state index >= 15 is 0 Å². The Balaban J connectivity index is 2.12. The van der Waals surface area contributed by atoms with Crippen molar-refractivity contribution in [2.24, 2.45) is 0 Å². The fourth-order valence-electron chi connectivity index (χ4n) is 1.81. The largest absolute Gasteiger partial charge is 0.398 e. The van der Waals surface area contributed by atoms with E-state index in [1.54, 1.807) is 16.3 Å². The molecule has 0 spiro atoms. The number of hydrogen-bond donors (Lipinski definition) is 1. The van der Waals surface area contributed by atoms with Gasteiger partial charge in [0, 0.05) is 16.3 Å². The third-order valence-corrected chi connectivity index (χ3v) is 3.74. The molecule has 2 N–H and O–H groups in total. The zero-order valence-corrected chi connectivity index (χ0v) is 11.5. The van der Waals surface area contributed by atoms with Crippen molar-refractivity contribution < 1.29 is 0 Å². The Bertz CT molecular complexity index is 750. The molecule has 6 heteroatoms. The van der Waals surface area contributed by atoms with Crippen LogP contribution in [0.4, 0.5) is 5.69 Å². The number of fused-ring (bicyclic) bond motifs is 1. The molecule has 0 atom stereocenters. The van der Waals surface area contributed by atoms with Crippen molar-refractivity contribution >= 4 is 23.2 Å². The number of anilines is 1. The predicted molar refractivity (Wildman–Crippen MR) is 75.2 cm³/mol. The van der Waals surface area contributed by atoms with Gasteiger partial charge in [-0.25, -0.2) is 4.98 Å². The molecule has 0 fully saturated rings. The van der Waals surface area contributed by atoms with Crippen molar-refractivity contribution in [2.45, 2.75) is 23.8 Å². The van der Waals surface area contributed by atoms with Crippen LogP contribution in [0.1, 0.15) is 11.5 Å². The summed E-state index contributed by atoms with van der Waals surface area (Å²) in [6.07, 6.45) is 0. The van der Waals surface area contributed by atoms with E-state index in [4.69, 9.17) is 5.73 Å². The second-order valence-electron chi connectivity index (χ2n) is 4.25. The third kappa shape index (κ3) is 2.26. The van der Waals surface area contributed by atoms with Crippen LogP contribution in [0.2, 0.25) is 0 Å². The second kappa shape index (κ2) is 4.55. The molecular weight excluding hydrogens is 258 g/mol. The van der Waals surface area contributed by atoms with E-state index in [1.807, 2.05) is 44.2 Å². The van der Waals surface area contributed by atoms with Gasteiger partial charge in [-0.15, -0.1) is 5.10 Å². The standard InChI is InChI=1S/C13H13N5S/c1-8-7-12(18-13(15-8)16-9(2)17-18)19-11-6-4-3-5-10(11)14/h3-7H,14H2,1-2H3. The number of hydrogen-bond acceptors (Lipinski definition) is 5. The molecule has 0 aliphatic heterocycles. The number of benzene rings is 1. The Morgan fingerprint density at radius 3 is 2.74 bits per heavy atom. The number of aryl methyl sites for hydroxylation is 2. The number of rotatable bonds is 2. The van der Waals surface area contributed by atoms with Crippen molar-refractivity contribution in [2.75, 3.05) is 5.73 Å². The Kier molecular flexibility index (Phi) is 2.87. The van der Waals surface area contributed by atoms with E-state index < -0.39 is 0 Å². The van der Waals surface area contributed by atoms with Crippen molar-refractivity contribution in [1.82, 2.24) is 19.6 Å². The molecule has 0 unspecified atom stereocenters. The number of aromatic nitrogens is 4. The maximum atomic E-state index is 5.97. The fourth-order valence-corrected chi connectivity index (χ4v) is 2.81. The van der Waals surface area contributed by atoms with Gasteiger partial charge in [0.1, 0.15) is 10.9 Å². The summed E-state index contributed by atoms with van der Waals surface area (Å²) in [6.45, 7) is 3.80. The normalized spacial score (nSPS) is 11.1. The lowest BCUT2D eigenvalue weighted by Gasteiger charge is -2.06. The fraction of sp³-hybridized carbons (Fsp3) is 0.154. The molecule has 0 saturated carbocycles. The SMILES string of the molecule is Cc1cc(Sc2ccccc2N)n2nc(C)nc2n1. The van der Waals surface area contributed by atoms with Crippen LogP contribution in [-0.4, -0.2) is 19.6 Å². The minimum Gasteiger partial charge on any atom is -0.398 e. The summed E-state index contributed by atoms with van der Waals surface area (Å²) in [5.41, 5.74) is 7.64. The molecule has 0 amide bonds. The second-order valence-corrected chi connectivity index (χ2v) is 5.31. The minimum atomic E-state index is 0.620. The summed E-state index contributed by atoms with van der Waals surface area (Å²) in [5, 5.41) is 5.32. The summed E-state index contributed by atoms with van der Waals surface area (Å²) >= 11 is 1.57. The highest BCUT2D eigenvalue weighted by Gasteiger charge is 2.10. The van der Waals surface area contributed by atoms with Gasteiger partial charge < -0.3 is 5.73 Å². The predicted octanol–water partition coefficient (Wildman–Crippen LogP) is 2.47. The van der Waals surface area contributed by atoms with Crippen LogP contribution in [0.3, 0.4) is 0 Å². The molecule has 1 aromatic carbocycles. The van der Waals surface area contributed by atoms with Gasteiger partial charge in [0.05, 0.1) is 0 Å². The molecule has 3 rings (SSSR count). The highest BCUT2D eigenvalue weighted by atomic mass is 32.2. The van der Waals surface area contributed by atoms with Crippen molar-refractivity contribution in [3.05, 3.63) is 41.9 Å². The van der Waals surface area contributed by atoms with Crippen LogP contribution in [-0.2, 0) is 0 Å². The summed E-state index contributed by atoms with van der Waals surface area (Å²) < 4.78 is 1.75. The van der Waals surface area contributed by atoms with Gasteiger partial charge in [-0.1, -0.05) is 23.9 Å². The van der Waals surface area contributed by atoms with E-state index in [-0.39, 0.29) is 0 Å². The summed E-state index contributed by atoms with van der Waals surface area (Å²) in [5.74, 6) is 1.33.